The van der Waals surface area contributed by atoms with Crippen LogP contribution in [0.15, 0.2) is 82.0 Å². The van der Waals surface area contributed by atoms with E-state index < -0.39 is 17.0 Å². The van der Waals surface area contributed by atoms with Gasteiger partial charge in [-0.25, -0.2) is 14.6 Å². The van der Waals surface area contributed by atoms with Crippen molar-refractivity contribution < 1.29 is 13.9 Å². The highest BCUT2D eigenvalue weighted by molar-refractivity contribution is 5.90. The molecule has 0 aliphatic carbocycles. The minimum Gasteiger partial charge on any atom is -0.465 e. The van der Waals surface area contributed by atoms with E-state index in [1.54, 1.807) is 24.3 Å². The molecule has 30 heavy (non-hydrogen) atoms. The number of hydrogen-bond acceptors (Lipinski definition) is 5. The third-order valence-corrected chi connectivity index (χ3v) is 5.38. The summed E-state index contributed by atoms with van der Waals surface area (Å²) in [6, 6.07) is 22.3. The van der Waals surface area contributed by atoms with Gasteiger partial charge in [0.05, 0.1) is 23.6 Å². The highest BCUT2D eigenvalue weighted by Gasteiger charge is 2.27. The van der Waals surface area contributed by atoms with E-state index in [-0.39, 0.29) is 5.89 Å². The van der Waals surface area contributed by atoms with Crippen molar-refractivity contribution in [1.82, 2.24) is 4.98 Å². The van der Waals surface area contributed by atoms with Crippen LogP contribution in [0.5, 0.6) is 0 Å². The molecule has 3 aromatic carbocycles. The lowest BCUT2D eigenvalue weighted by atomic mass is 9.77. The van der Waals surface area contributed by atoms with E-state index in [9.17, 15) is 9.59 Å². The van der Waals surface area contributed by atoms with Crippen molar-refractivity contribution in [2.75, 3.05) is 7.11 Å². The first-order chi connectivity index (χ1) is 14.4. The predicted octanol–water partition coefficient (Wildman–Crippen LogP) is 4.97. The monoisotopic (exact) mass is 399 g/mol. The maximum Gasteiger partial charge on any atom is 0.347 e. The van der Waals surface area contributed by atoms with Gasteiger partial charge in [-0.15, -0.1) is 0 Å². The molecule has 0 amide bonds. The fraction of sp³-hybridized carbons (Fsp3) is 0.160. The molecule has 0 aliphatic heterocycles. The molecule has 0 bridgehead atoms. The van der Waals surface area contributed by atoms with Crippen LogP contribution >= 0.6 is 0 Å². The Hall–Kier alpha value is -3.73. The third kappa shape index (κ3) is 3.39. The molecule has 0 aliphatic rings. The van der Waals surface area contributed by atoms with Crippen LogP contribution in [-0.4, -0.2) is 18.1 Å². The van der Waals surface area contributed by atoms with Crippen LogP contribution in [0.2, 0.25) is 0 Å². The van der Waals surface area contributed by atoms with Gasteiger partial charge in [0.15, 0.2) is 0 Å². The van der Waals surface area contributed by atoms with Gasteiger partial charge in [0, 0.05) is 11.0 Å². The van der Waals surface area contributed by atoms with Crippen molar-refractivity contribution in [3.05, 3.63) is 99.9 Å². The fourth-order valence-corrected chi connectivity index (χ4v) is 3.64. The molecule has 4 aromatic rings. The van der Waals surface area contributed by atoms with E-state index in [4.69, 9.17) is 9.15 Å². The number of carbonyl (C=O) groups is 1. The normalized spacial score (nSPS) is 11.4. The highest BCUT2D eigenvalue weighted by Crippen LogP contribution is 2.34. The van der Waals surface area contributed by atoms with Gasteiger partial charge in [-0.2, -0.15) is 0 Å². The fourth-order valence-electron chi connectivity index (χ4n) is 3.64. The maximum atomic E-state index is 13.0. The molecule has 0 N–H and O–H groups in total. The zero-order chi connectivity index (χ0) is 21.3. The maximum absolute atomic E-state index is 13.0. The number of ether oxygens (including phenoxy) is 1. The molecule has 0 spiro atoms. The van der Waals surface area contributed by atoms with Gasteiger partial charge in [-0.3, -0.25) is 0 Å². The summed E-state index contributed by atoms with van der Waals surface area (Å²) in [7, 11) is 1.33. The van der Waals surface area contributed by atoms with E-state index in [0.29, 0.717) is 22.0 Å². The first-order valence-corrected chi connectivity index (χ1v) is 9.60. The summed E-state index contributed by atoms with van der Waals surface area (Å²) in [5.74, 6) is -0.221. The summed E-state index contributed by atoms with van der Waals surface area (Å²) in [5.41, 5.74) is 2.71. The zero-order valence-electron chi connectivity index (χ0n) is 17.0. The molecule has 0 radical (unpaired) electrons. The molecule has 0 fully saturated rings. The molecular weight excluding hydrogens is 378 g/mol. The molecule has 0 unspecified atom stereocenters. The zero-order valence-corrected chi connectivity index (χ0v) is 17.0. The first-order valence-electron chi connectivity index (χ1n) is 9.60. The van der Waals surface area contributed by atoms with Gasteiger partial charge in [0.2, 0.25) is 5.89 Å². The Balaban J connectivity index is 1.83. The molecule has 4 rings (SSSR count). The van der Waals surface area contributed by atoms with Crippen LogP contribution in [0.4, 0.5) is 0 Å². The Labute approximate surface area is 174 Å². The lowest BCUT2D eigenvalue weighted by molar-refractivity contribution is 0.0600. The molecule has 5 nitrogen and oxygen atoms in total. The van der Waals surface area contributed by atoms with Gasteiger partial charge in [-0.1, -0.05) is 56.3 Å². The van der Waals surface area contributed by atoms with Crippen molar-refractivity contribution in [1.29, 1.82) is 0 Å². The van der Waals surface area contributed by atoms with Gasteiger partial charge >= 0.3 is 11.6 Å². The quantitative estimate of drug-likeness (QED) is 0.453. The summed E-state index contributed by atoms with van der Waals surface area (Å²) in [5, 5.41) is 0.473. The summed E-state index contributed by atoms with van der Waals surface area (Å²) in [4.78, 5) is 29.2. The first kappa shape index (κ1) is 19.6. The molecule has 5 heteroatoms. The van der Waals surface area contributed by atoms with Gasteiger partial charge in [-0.05, 0) is 41.5 Å². The second kappa shape index (κ2) is 7.59. The van der Waals surface area contributed by atoms with Crippen LogP contribution in [0.3, 0.4) is 0 Å². The lowest BCUT2D eigenvalue weighted by Crippen LogP contribution is -2.21. The van der Waals surface area contributed by atoms with Crippen molar-refractivity contribution >= 4 is 16.9 Å². The standard InChI is InChI=1S/C25H21NO4/c1-25(2,18-8-5-4-6-9-18)19-10-7-11-20-21(19)24(28)30-22(26-20)16-12-14-17(15-13-16)23(27)29-3/h4-15H,1-3H3. The Morgan fingerprint density at radius 3 is 2.30 bits per heavy atom. The van der Waals surface area contributed by atoms with Crippen molar-refractivity contribution in [3.63, 3.8) is 0 Å². The number of nitrogens with zero attached hydrogens (tertiary/aromatic N) is 1. The number of aromatic nitrogens is 1. The Kier molecular flexibility index (Phi) is 4.96. The second-order valence-corrected chi connectivity index (χ2v) is 7.57. The number of methoxy groups -OCH3 is 1. The van der Waals surface area contributed by atoms with Crippen LogP contribution in [-0.2, 0) is 10.2 Å². The Morgan fingerprint density at radius 2 is 1.63 bits per heavy atom. The molecule has 0 saturated heterocycles. The summed E-state index contributed by atoms with van der Waals surface area (Å²) in [6.45, 7) is 4.16. The molecule has 150 valence electrons. The van der Waals surface area contributed by atoms with Crippen molar-refractivity contribution in [2.45, 2.75) is 19.3 Å². The van der Waals surface area contributed by atoms with Crippen LogP contribution in [0.1, 0.15) is 35.3 Å². The molecule has 1 aromatic heterocycles. The third-order valence-electron chi connectivity index (χ3n) is 5.38. The largest absolute Gasteiger partial charge is 0.465 e. The number of hydrogen-bond donors (Lipinski definition) is 0. The highest BCUT2D eigenvalue weighted by atomic mass is 16.5. The van der Waals surface area contributed by atoms with Crippen molar-refractivity contribution in [2.24, 2.45) is 0 Å². The SMILES string of the molecule is COC(=O)c1ccc(-c2nc3cccc(C(C)(C)c4ccccc4)c3c(=O)o2)cc1. The van der Waals surface area contributed by atoms with Crippen LogP contribution in [0.25, 0.3) is 22.4 Å². The number of carbonyl (C=O) groups excluding carboxylic acids is 1. The summed E-state index contributed by atoms with van der Waals surface area (Å²) >= 11 is 0. The van der Waals surface area contributed by atoms with Gasteiger partial charge in [0.1, 0.15) is 0 Å². The predicted molar refractivity (Wildman–Crippen MR) is 116 cm³/mol. The molecular formula is C25H21NO4. The van der Waals surface area contributed by atoms with Gasteiger partial charge < -0.3 is 9.15 Å². The van der Waals surface area contributed by atoms with E-state index >= 15 is 0 Å². The minimum atomic E-state index is -0.438. The van der Waals surface area contributed by atoms with Crippen LogP contribution in [0, 0.1) is 0 Å². The van der Waals surface area contributed by atoms with E-state index in [1.165, 1.54) is 7.11 Å². The summed E-state index contributed by atoms with van der Waals surface area (Å²) < 4.78 is 10.3. The van der Waals surface area contributed by atoms with E-state index in [1.807, 2.05) is 48.5 Å². The van der Waals surface area contributed by atoms with E-state index in [0.717, 1.165) is 11.1 Å². The minimum absolute atomic E-state index is 0.207. The Morgan fingerprint density at radius 1 is 0.933 bits per heavy atom. The van der Waals surface area contributed by atoms with E-state index in [2.05, 4.69) is 18.8 Å². The Bertz CT molecular complexity index is 1270. The van der Waals surface area contributed by atoms with Crippen molar-refractivity contribution in [3.8, 4) is 11.5 Å². The molecule has 1 heterocycles. The van der Waals surface area contributed by atoms with Gasteiger partial charge in [0.25, 0.3) is 0 Å². The average Bonchev–Trinajstić information content (AvgIpc) is 2.78. The molecule has 0 atom stereocenters. The molecule has 0 saturated carbocycles. The smallest absolute Gasteiger partial charge is 0.347 e. The lowest BCUT2D eigenvalue weighted by Gasteiger charge is -2.27. The number of fused-ring (bicyclic) bond motifs is 1. The average molecular weight is 399 g/mol. The number of esters is 1. The number of benzene rings is 3. The topological polar surface area (TPSA) is 69.4 Å². The number of rotatable bonds is 4. The van der Waals surface area contributed by atoms with Crippen LogP contribution < -0.4 is 5.63 Å². The second-order valence-electron chi connectivity index (χ2n) is 7.57. The summed E-state index contributed by atoms with van der Waals surface area (Å²) in [6.07, 6.45) is 0.